The summed E-state index contributed by atoms with van der Waals surface area (Å²) in [4.78, 5) is 38.2. The Kier molecular flexibility index (Phi) is 6.59. The van der Waals surface area contributed by atoms with Crippen LogP contribution >= 0.6 is 27.5 Å². The van der Waals surface area contributed by atoms with Gasteiger partial charge in [-0.05, 0) is 55.3 Å². The summed E-state index contributed by atoms with van der Waals surface area (Å²) in [6.07, 6.45) is 0.0395. The molecule has 1 atom stereocenters. The van der Waals surface area contributed by atoms with Crippen LogP contribution in [0.4, 0.5) is 11.4 Å². The van der Waals surface area contributed by atoms with Gasteiger partial charge in [0.05, 0.1) is 5.92 Å². The van der Waals surface area contributed by atoms with Crippen LogP contribution in [0.5, 0.6) is 0 Å². The molecule has 0 saturated carbocycles. The Morgan fingerprint density at radius 1 is 1.21 bits per heavy atom. The number of aryl methyl sites for hydroxylation is 2. The molecule has 2 aromatic carbocycles. The minimum absolute atomic E-state index is 0.0395. The maximum atomic E-state index is 12.3. The molecule has 2 amide bonds. The molecule has 1 heterocycles. The first-order chi connectivity index (χ1) is 13.7. The SMILES string of the molecule is Cc1ccc(N2C[C@@H](C(=O)OCC(=O)Nc3ccc(Br)c(C)c3)CC2=O)cc1Cl. The van der Waals surface area contributed by atoms with Crippen LogP contribution in [0.25, 0.3) is 0 Å². The molecule has 2 aromatic rings. The highest BCUT2D eigenvalue weighted by Crippen LogP contribution is 2.29. The topological polar surface area (TPSA) is 75.7 Å². The van der Waals surface area contributed by atoms with Gasteiger partial charge < -0.3 is 15.0 Å². The largest absolute Gasteiger partial charge is 0.455 e. The summed E-state index contributed by atoms with van der Waals surface area (Å²) in [5, 5.41) is 3.24. The fraction of sp³-hybridized carbons (Fsp3) is 0.286. The van der Waals surface area contributed by atoms with Crippen LogP contribution in [0.3, 0.4) is 0 Å². The van der Waals surface area contributed by atoms with E-state index in [0.717, 1.165) is 15.6 Å². The lowest BCUT2D eigenvalue weighted by Gasteiger charge is -2.17. The lowest BCUT2D eigenvalue weighted by molar-refractivity contribution is -0.151. The number of hydrogen-bond acceptors (Lipinski definition) is 4. The van der Waals surface area contributed by atoms with Crippen molar-refractivity contribution in [2.24, 2.45) is 5.92 Å². The maximum absolute atomic E-state index is 12.3. The van der Waals surface area contributed by atoms with E-state index in [-0.39, 0.29) is 18.9 Å². The normalized spacial score (nSPS) is 16.1. The van der Waals surface area contributed by atoms with Gasteiger partial charge in [0, 0.05) is 33.8 Å². The average molecular weight is 480 g/mol. The minimum Gasteiger partial charge on any atom is -0.455 e. The molecule has 0 spiro atoms. The fourth-order valence-electron chi connectivity index (χ4n) is 3.04. The number of carbonyl (C=O) groups is 3. The molecule has 0 bridgehead atoms. The predicted octanol–water partition coefficient (Wildman–Crippen LogP) is 4.25. The first-order valence-corrected chi connectivity index (χ1v) is 10.2. The minimum atomic E-state index is -0.620. The van der Waals surface area contributed by atoms with E-state index in [1.807, 2.05) is 32.0 Å². The van der Waals surface area contributed by atoms with Crippen molar-refractivity contribution in [2.75, 3.05) is 23.4 Å². The quantitative estimate of drug-likeness (QED) is 0.651. The number of ether oxygens (including phenoxy) is 1. The van der Waals surface area contributed by atoms with Gasteiger partial charge in [-0.25, -0.2) is 0 Å². The predicted molar refractivity (Wildman–Crippen MR) is 115 cm³/mol. The van der Waals surface area contributed by atoms with Crippen molar-refractivity contribution in [3.8, 4) is 0 Å². The van der Waals surface area contributed by atoms with E-state index in [2.05, 4.69) is 21.2 Å². The molecule has 0 radical (unpaired) electrons. The van der Waals surface area contributed by atoms with Crippen LogP contribution in [0, 0.1) is 19.8 Å². The number of hydrogen-bond donors (Lipinski definition) is 1. The number of carbonyl (C=O) groups excluding carboxylic acids is 3. The Hall–Kier alpha value is -2.38. The average Bonchev–Trinajstić information content (AvgIpc) is 3.07. The highest BCUT2D eigenvalue weighted by molar-refractivity contribution is 9.10. The third kappa shape index (κ3) is 5.16. The van der Waals surface area contributed by atoms with E-state index in [1.54, 1.807) is 18.2 Å². The lowest BCUT2D eigenvalue weighted by atomic mass is 10.1. The van der Waals surface area contributed by atoms with Crippen LogP contribution < -0.4 is 10.2 Å². The lowest BCUT2D eigenvalue weighted by Crippen LogP contribution is -2.28. The highest BCUT2D eigenvalue weighted by Gasteiger charge is 2.36. The summed E-state index contributed by atoms with van der Waals surface area (Å²) in [6, 6.07) is 10.7. The molecule has 1 aliphatic rings. The molecule has 1 saturated heterocycles. The molecule has 8 heteroatoms. The van der Waals surface area contributed by atoms with E-state index in [1.165, 1.54) is 4.90 Å². The molecule has 3 rings (SSSR count). The molecule has 6 nitrogen and oxygen atoms in total. The molecule has 1 fully saturated rings. The van der Waals surface area contributed by atoms with E-state index in [4.69, 9.17) is 16.3 Å². The van der Waals surface area contributed by atoms with Crippen LogP contribution in [0.2, 0.25) is 5.02 Å². The summed E-state index contributed by atoms with van der Waals surface area (Å²) in [7, 11) is 0. The molecule has 1 N–H and O–H groups in total. The number of rotatable bonds is 5. The van der Waals surface area contributed by atoms with Gasteiger partial charge in [0.25, 0.3) is 5.91 Å². The maximum Gasteiger partial charge on any atom is 0.311 e. The second-order valence-electron chi connectivity index (χ2n) is 6.96. The van der Waals surface area contributed by atoms with Gasteiger partial charge in [0.1, 0.15) is 0 Å². The second kappa shape index (κ2) is 8.97. The number of esters is 1. The molecule has 152 valence electrons. The third-order valence-corrected chi connectivity index (χ3v) is 6.01. The number of halogens is 2. The molecular formula is C21H20BrClN2O4. The van der Waals surface area contributed by atoms with Gasteiger partial charge in [0.15, 0.2) is 6.61 Å². The Bertz CT molecular complexity index is 979. The molecule has 1 aliphatic heterocycles. The summed E-state index contributed by atoms with van der Waals surface area (Å²) in [5.41, 5.74) is 3.14. The van der Waals surface area contributed by atoms with Crippen LogP contribution in [0.15, 0.2) is 40.9 Å². The second-order valence-corrected chi connectivity index (χ2v) is 8.22. The van der Waals surface area contributed by atoms with Gasteiger partial charge in [0.2, 0.25) is 5.91 Å². The van der Waals surface area contributed by atoms with Crippen molar-refractivity contribution in [1.82, 2.24) is 0 Å². The van der Waals surface area contributed by atoms with E-state index in [0.29, 0.717) is 16.4 Å². The van der Waals surface area contributed by atoms with Crippen molar-refractivity contribution >= 4 is 56.7 Å². The molecule has 0 aromatic heterocycles. The van der Waals surface area contributed by atoms with Crippen molar-refractivity contribution in [3.05, 3.63) is 57.0 Å². The molecule has 0 aliphatic carbocycles. The van der Waals surface area contributed by atoms with Gasteiger partial charge in [-0.1, -0.05) is 33.6 Å². The number of amides is 2. The highest BCUT2D eigenvalue weighted by atomic mass is 79.9. The van der Waals surface area contributed by atoms with Crippen LogP contribution in [-0.4, -0.2) is 30.9 Å². The molecule has 29 heavy (non-hydrogen) atoms. The van der Waals surface area contributed by atoms with E-state index in [9.17, 15) is 14.4 Å². The Balaban J connectivity index is 1.54. The smallest absolute Gasteiger partial charge is 0.311 e. The molecule has 0 unspecified atom stereocenters. The van der Waals surface area contributed by atoms with Crippen molar-refractivity contribution in [3.63, 3.8) is 0 Å². The fourth-order valence-corrected chi connectivity index (χ4v) is 3.46. The Morgan fingerprint density at radius 3 is 2.66 bits per heavy atom. The summed E-state index contributed by atoms with van der Waals surface area (Å²) in [5.74, 6) is -1.81. The summed E-state index contributed by atoms with van der Waals surface area (Å²) in [6.45, 7) is 3.57. The summed E-state index contributed by atoms with van der Waals surface area (Å²) >= 11 is 9.53. The Labute approximate surface area is 182 Å². The zero-order valence-corrected chi connectivity index (χ0v) is 18.3. The summed E-state index contributed by atoms with van der Waals surface area (Å²) < 4.78 is 6.06. The standard InChI is InChI=1S/C21H20BrClN2O4/c1-12-3-5-16(9-18(12)23)25-10-14(8-20(25)27)21(28)29-11-19(26)24-15-4-6-17(22)13(2)7-15/h3-7,9,14H,8,10-11H2,1-2H3,(H,24,26)/t14-/m0/s1. The van der Waals surface area contributed by atoms with Crippen molar-refractivity contribution in [1.29, 1.82) is 0 Å². The van der Waals surface area contributed by atoms with Gasteiger partial charge in [-0.15, -0.1) is 0 Å². The monoisotopic (exact) mass is 478 g/mol. The van der Waals surface area contributed by atoms with Crippen molar-refractivity contribution < 1.29 is 19.1 Å². The van der Waals surface area contributed by atoms with Crippen molar-refractivity contribution in [2.45, 2.75) is 20.3 Å². The van der Waals surface area contributed by atoms with E-state index >= 15 is 0 Å². The Morgan fingerprint density at radius 2 is 1.97 bits per heavy atom. The number of nitrogens with one attached hydrogen (secondary N) is 1. The number of benzene rings is 2. The first kappa shape index (κ1) is 21.3. The zero-order chi connectivity index (χ0) is 21.1. The first-order valence-electron chi connectivity index (χ1n) is 9.03. The van der Waals surface area contributed by atoms with Crippen LogP contribution in [0.1, 0.15) is 17.5 Å². The zero-order valence-electron chi connectivity index (χ0n) is 16.0. The number of nitrogens with zero attached hydrogens (tertiary/aromatic N) is 1. The van der Waals surface area contributed by atoms with Gasteiger partial charge in [-0.2, -0.15) is 0 Å². The van der Waals surface area contributed by atoms with Gasteiger partial charge >= 0.3 is 5.97 Å². The third-order valence-electron chi connectivity index (χ3n) is 4.71. The van der Waals surface area contributed by atoms with Crippen LogP contribution in [-0.2, 0) is 19.1 Å². The van der Waals surface area contributed by atoms with Gasteiger partial charge in [-0.3, -0.25) is 14.4 Å². The van der Waals surface area contributed by atoms with E-state index < -0.39 is 24.4 Å². The number of anilines is 2. The molecular weight excluding hydrogens is 460 g/mol.